The van der Waals surface area contributed by atoms with E-state index >= 15 is 0 Å². The normalized spacial score (nSPS) is 22.7. The zero-order valence-electron chi connectivity index (χ0n) is 10.2. The first kappa shape index (κ1) is 12.1. The van der Waals surface area contributed by atoms with Gasteiger partial charge in [0, 0.05) is 0 Å². The smallest absolute Gasteiger partial charge is 0.0414 e. The Morgan fingerprint density at radius 2 is 1.57 bits per heavy atom. The number of rotatable bonds is 3. The Kier molecular flexibility index (Phi) is 6.31. The summed E-state index contributed by atoms with van der Waals surface area (Å²) in [4.78, 5) is 0. The van der Waals surface area contributed by atoms with E-state index in [-0.39, 0.29) is 0 Å². The molecule has 0 spiro atoms. The average Bonchev–Trinajstić information content (AvgIpc) is 3.00. The summed E-state index contributed by atoms with van der Waals surface area (Å²) in [6.07, 6.45) is 14.9. The summed E-state index contributed by atoms with van der Waals surface area (Å²) in [6, 6.07) is 0. The second kappa shape index (κ2) is 7.31. The molecule has 0 bridgehead atoms. The van der Waals surface area contributed by atoms with Gasteiger partial charge in [0.1, 0.15) is 0 Å². The zero-order valence-corrected chi connectivity index (χ0v) is 10.2. The van der Waals surface area contributed by atoms with Crippen molar-refractivity contribution >= 4 is 0 Å². The highest BCUT2D eigenvalue weighted by Crippen LogP contribution is 2.33. The van der Waals surface area contributed by atoms with E-state index in [0.29, 0.717) is 0 Å². The lowest BCUT2D eigenvalue weighted by Crippen LogP contribution is -1.99. The lowest BCUT2D eigenvalue weighted by molar-refractivity contribution is 0.385. The molecule has 0 amide bonds. The van der Waals surface area contributed by atoms with Crippen molar-refractivity contribution in [1.29, 1.82) is 0 Å². The first-order valence-corrected chi connectivity index (χ1v) is 6.83. The van der Waals surface area contributed by atoms with Gasteiger partial charge in [-0.05, 0) is 11.8 Å². The second-order valence-corrected chi connectivity index (χ2v) is 5.33. The Balaban J connectivity index is 0.000000140. The lowest BCUT2D eigenvalue weighted by atomic mass is 9.91. The molecule has 2 aliphatic carbocycles. The van der Waals surface area contributed by atoms with Crippen LogP contribution in [0.1, 0.15) is 78.1 Å². The van der Waals surface area contributed by atoms with Crippen LogP contribution in [0, 0.1) is 11.8 Å². The minimum absolute atomic E-state index is 1.04. The molecule has 0 nitrogen and oxygen atoms in total. The summed E-state index contributed by atoms with van der Waals surface area (Å²) < 4.78 is 0. The van der Waals surface area contributed by atoms with Crippen LogP contribution in [0.4, 0.5) is 0 Å². The highest BCUT2D eigenvalue weighted by atomic mass is 14.2. The van der Waals surface area contributed by atoms with Crippen LogP contribution in [-0.2, 0) is 0 Å². The first-order valence-electron chi connectivity index (χ1n) is 6.83. The molecule has 0 N–H and O–H groups in total. The predicted molar refractivity (Wildman–Crippen MR) is 64.5 cm³/mol. The van der Waals surface area contributed by atoms with E-state index in [1.54, 1.807) is 0 Å². The molecular formula is C14H28. The Hall–Kier alpha value is 0. The van der Waals surface area contributed by atoms with Crippen LogP contribution in [0.15, 0.2) is 0 Å². The molecule has 0 heterocycles. The van der Waals surface area contributed by atoms with Gasteiger partial charge < -0.3 is 0 Å². The molecule has 0 radical (unpaired) electrons. The van der Waals surface area contributed by atoms with Gasteiger partial charge in [-0.2, -0.15) is 0 Å². The largest absolute Gasteiger partial charge is 0.0654 e. The molecule has 0 aromatic heterocycles. The van der Waals surface area contributed by atoms with E-state index in [2.05, 4.69) is 13.8 Å². The maximum absolute atomic E-state index is 2.36. The molecule has 0 saturated heterocycles. The van der Waals surface area contributed by atoms with E-state index in [0.717, 1.165) is 11.8 Å². The van der Waals surface area contributed by atoms with Crippen LogP contribution >= 0.6 is 0 Å². The molecule has 0 unspecified atom stereocenters. The van der Waals surface area contributed by atoms with Crippen molar-refractivity contribution in [3.05, 3.63) is 0 Å². The van der Waals surface area contributed by atoms with Crippen molar-refractivity contribution in [2.45, 2.75) is 78.1 Å². The number of hydrogen-bond acceptors (Lipinski definition) is 0. The van der Waals surface area contributed by atoms with Gasteiger partial charge in [-0.3, -0.25) is 0 Å². The van der Waals surface area contributed by atoms with Crippen molar-refractivity contribution in [3.8, 4) is 0 Å². The average molecular weight is 196 g/mol. The fraction of sp³-hybridized carbons (Fsp3) is 1.00. The van der Waals surface area contributed by atoms with E-state index in [4.69, 9.17) is 0 Å². The standard InChI is InChI=1S/2C7H14/c1-7-5-3-2-4-6-7;1-2-3-4-7-5-6-7/h2*7H,2-6H2,1H3. The molecule has 2 aliphatic rings. The van der Waals surface area contributed by atoms with Gasteiger partial charge >= 0.3 is 0 Å². The Morgan fingerprint density at radius 3 is 1.93 bits per heavy atom. The molecule has 0 heteroatoms. The summed E-state index contributed by atoms with van der Waals surface area (Å²) in [7, 11) is 0. The third kappa shape index (κ3) is 6.45. The molecule has 2 rings (SSSR count). The predicted octanol–water partition coefficient (Wildman–Crippen LogP) is 5.17. The van der Waals surface area contributed by atoms with Crippen molar-refractivity contribution in [2.24, 2.45) is 11.8 Å². The molecule has 0 aromatic rings. The van der Waals surface area contributed by atoms with Gasteiger partial charge in [0.25, 0.3) is 0 Å². The highest BCUT2D eigenvalue weighted by Gasteiger charge is 2.19. The molecule has 0 aromatic carbocycles. The second-order valence-electron chi connectivity index (χ2n) is 5.33. The Labute approximate surface area is 90.5 Å². The fourth-order valence-electron chi connectivity index (χ4n) is 2.21. The van der Waals surface area contributed by atoms with Gasteiger partial charge in [-0.15, -0.1) is 0 Å². The van der Waals surface area contributed by atoms with Gasteiger partial charge in [0.05, 0.1) is 0 Å². The van der Waals surface area contributed by atoms with Crippen LogP contribution in [0.5, 0.6) is 0 Å². The summed E-state index contributed by atoms with van der Waals surface area (Å²) >= 11 is 0. The number of unbranched alkanes of at least 4 members (excludes halogenated alkanes) is 1. The Morgan fingerprint density at radius 1 is 0.929 bits per heavy atom. The quantitative estimate of drug-likeness (QED) is 0.584. The van der Waals surface area contributed by atoms with Crippen LogP contribution < -0.4 is 0 Å². The molecule has 0 aliphatic heterocycles. The summed E-state index contributed by atoms with van der Waals surface area (Å²) in [6.45, 7) is 4.63. The summed E-state index contributed by atoms with van der Waals surface area (Å²) in [5.74, 6) is 2.19. The summed E-state index contributed by atoms with van der Waals surface area (Å²) in [5.41, 5.74) is 0. The van der Waals surface area contributed by atoms with E-state index in [1.807, 2.05) is 0 Å². The fourth-order valence-corrected chi connectivity index (χ4v) is 2.21. The maximum Gasteiger partial charge on any atom is -0.0414 e. The number of hydrogen-bond donors (Lipinski definition) is 0. The van der Waals surface area contributed by atoms with Crippen molar-refractivity contribution in [1.82, 2.24) is 0 Å². The SMILES string of the molecule is CC1CCCCC1.CCCCC1CC1. The Bertz CT molecular complexity index is 118. The molecular weight excluding hydrogens is 168 g/mol. The molecule has 84 valence electrons. The minimum atomic E-state index is 1.04. The van der Waals surface area contributed by atoms with Crippen molar-refractivity contribution in [3.63, 3.8) is 0 Å². The zero-order chi connectivity index (χ0) is 10.2. The molecule has 14 heavy (non-hydrogen) atoms. The van der Waals surface area contributed by atoms with Gasteiger partial charge in [-0.25, -0.2) is 0 Å². The monoisotopic (exact) mass is 196 g/mol. The van der Waals surface area contributed by atoms with Crippen LogP contribution in [0.3, 0.4) is 0 Å². The first-order chi connectivity index (χ1) is 6.83. The molecule has 2 fully saturated rings. The van der Waals surface area contributed by atoms with E-state index < -0.39 is 0 Å². The lowest BCUT2D eigenvalue weighted by Gasteiger charge is -2.15. The third-order valence-electron chi connectivity index (χ3n) is 3.56. The molecule has 0 atom stereocenters. The van der Waals surface area contributed by atoms with Crippen LogP contribution in [0.25, 0.3) is 0 Å². The van der Waals surface area contributed by atoms with Gasteiger partial charge in [-0.1, -0.05) is 78.1 Å². The van der Waals surface area contributed by atoms with E-state index in [1.165, 1.54) is 64.2 Å². The van der Waals surface area contributed by atoms with Gasteiger partial charge in [0.15, 0.2) is 0 Å². The van der Waals surface area contributed by atoms with Crippen molar-refractivity contribution in [2.75, 3.05) is 0 Å². The van der Waals surface area contributed by atoms with Crippen LogP contribution in [-0.4, -0.2) is 0 Å². The highest BCUT2D eigenvalue weighted by molar-refractivity contribution is 4.71. The third-order valence-corrected chi connectivity index (χ3v) is 3.56. The maximum atomic E-state index is 2.36. The minimum Gasteiger partial charge on any atom is -0.0654 e. The van der Waals surface area contributed by atoms with Crippen LogP contribution in [0.2, 0.25) is 0 Å². The van der Waals surface area contributed by atoms with Gasteiger partial charge in [0.2, 0.25) is 0 Å². The van der Waals surface area contributed by atoms with E-state index in [9.17, 15) is 0 Å². The van der Waals surface area contributed by atoms with Crippen molar-refractivity contribution < 1.29 is 0 Å². The summed E-state index contributed by atoms with van der Waals surface area (Å²) in [5, 5.41) is 0. The topological polar surface area (TPSA) is 0 Å². The molecule has 2 saturated carbocycles.